The first-order valence-electron chi connectivity index (χ1n) is 6.77. The van der Waals surface area contributed by atoms with Gasteiger partial charge in [-0.25, -0.2) is 9.79 Å². The highest BCUT2D eigenvalue weighted by atomic mass is 35.5. The molecule has 1 aromatic carbocycles. The maximum Gasteiger partial charge on any atom is 0.374 e. The smallest absolute Gasteiger partial charge is 0.374 e. The lowest BCUT2D eigenvalue weighted by Gasteiger charge is -2.11. The van der Waals surface area contributed by atoms with E-state index in [1.807, 2.05) is 0 Å². The predicted octanol–water partition coefficient (Wildman–Crippen LogP) is 4.22. The lowest BCUT2D eigenvalue weighted by Crippen LogP contribution is -1.98. The predicted molar refractivity (Wildman–Crippen MR) is 97.2 cm³/mol. The van der Waals surface area contributed by atoms with Crippen LogP contribution in [0.5, 0.6) is 11.5 Å². The first-order valence-corrected chi connectivity index (χ1v) is 8.78. The van der Waals surface area contributed by atoms with Crippen LogP contribution in [0.1, 0.15) is 12.5 Å². The molecule has 0 bridgehead atoms. The summed E-state index contributed by atoms with van der Waals surface area (Å²) in [6.07, 6.45) is 1.54. The van der Waals surface area contributed by atoms with Gasteiger partial charge in [0.1, 0.15) is 10.1 Å². The maximum atomic E-state index is 12.1. The molecule has 0 saturated heterocycles. The van der Waals surface area contributed by atoms with E-state index in [0.717, 1.165) is 23.5 Å². The van der Waals surface area contributed by atoms with Gasteiger partial charge in [0.2, 0.25) is 5.12 Å². The van der Waals surface area contributed by atoms with Crippen LogP contribution in [0.4, 0.5) is 4.79 Å². The van der Waals surface area contributed by atoms with Crippen molar-refractivity contribution >= 4 is 56.0 Å². The van der Waals surface area contributed by atoms with E-state index in [9.17, 15) is 9.59 Å². The van der Waals surface area contributed by atoms with Crippen molar-refractivity contribution in [3.63, 3.8) is 0 Å². The molecule has 0 N–H and O–H groups in total. The Morgan fingerprint density at radius 3 is 2.75 bits per heavy atom. The summed E-state index contributed by atoms with van der Waals surface area (Å²) in [6, 6.07) is 3.25. The van der Waals surface area contributed by atoms with Crippen molar-refractivity contribution in [2.75, 3.05) is 20.8 Å². The molecule has 0 fully saturated rings. The molecule has 1 aromatic rings. The molecular weight excluding hydrogens is 374 g/mol. The molecular formula is C15H14ClNO5S2. The summed E-state index contributed by atoms with van der Waals surface area (Å²) in [5.74, 6) is 0.883. The third kappa shape index (κ3) is 4.46. The zero-order valence-electron chi connectivity index (χ0n) is 13.1. The Balaban J connectivity index is 2.34. The number of ether oxygens (including phenoxy) is 3. The van der Waals surface area contributed by atoms with Crippen molar-refractivity contribution in [2.24, 2.45) is 4.99 Å². The molecule has 0 aliphatic carbocycles. The van der Waals surface area contributed by atoms with E-state index < -0.39 is 5.30 Å². The van der Waals surface area contributed by atoms with E-state index in [4.69, 9.17) is 25.8 Å². The largest absolute Gasteiger partial charge is 0.493 e. The van der Waals surface area contributed by atoms with E-state index >= 15 is 0 Å². The third-order valence-corrected chi connectivity index (χ3v) is 4.73. The number of nitrogens with zero attached hydrogens (tertiary/aromatic N) is 1. The highest BCUT2D eigenvalue weighted by molar-refractivity contribution is 8.49. The lowest BCUT2D eigenvalue weighted by molar-refractivity contribution is -0.107. The average molecular weight is 388 g/mol. The highest BCUT2D eigenvalue weighted by Gasteiger charge is 2.26. The van der Waals surface area contributed by atoms with Gasteiger partial charge in [0, 0.05) is 28.4 Å². The Hall–Kier alpha value is -1.64. The summed E-state index contributed by atoms with van der Waals surface area (Å²) in [7, 11) is 2.98. The van der Waals surface area contributed by atoms with Crippen LogP contribution >= 0.6 is 35.1 Å². The number of carbonyl (C=O) groups is 2. The Bertz CT molecular complexity index is 733. The molecule has 9 heteroatoms. The Labute approximate surface area is 152 Å². The number of hydrogen-bond acceptors (Lipinski definition) is 8. The molecule has 1 aliphatic rings. The van der Waals surface area contributed by atoms with Gasteiger partial charge in [-0.15, -0.1) is 0 Å². The van der Waals surface area contributed by atoms with Gasteiger partial charge in [-0.2, -0.15) is 0 Å². The molecule has 0 unspecified atom stereocenters. The maximum absolute atomic E-state index is 12.1. The second kappa shape index (κ2) is 8.46. The summed E-state index contributed by atoms with van der Waals surface area (Å²) in [5, 5.41) is -0.342. The number of aliphatic imine (C=N–C) groups is 1. The molecule has 0 atom stereocenters. The van der Waals surface area contributed by atoms with Crippen molar-refractivity contribution in [3.8, 4) is 11.5 Å². The van der Waals surface area contributed by atoms with Crippen LogP contribution in [0, 0.1) is 0 Å². The fourth-order valence-corrected chi connectivity index (χ4v) is 3.65. The topological polar surface area (TPSA) is 74.2 Å². The van der Waals surface area contributed by atoms with Gasteiger partial charge in [-0.3, -0.25) is 4.79 Å². The molecule has 1 heterocycles. The minimum Gasteiger partial charge on any atom is -0.493 e. The third-order valence-electron chi connectivity index (χ3n) is 2.80. The van der Waals surface area contributed by atoms with E-state index in [-0.39, 0.29) is 17.4 Å². The summed E-state index contributed by atoms with van der Waals surface area (Å²) in [5.41, 5.74) is 0.742. The first kappa shape index (κ1) is 18.7. The van der Waals surface area contributed by atoms with Crippen molar-refractivity contribution in [1.29, 1.82) is 0 Å². The van der Waals surface area contributed by atoms with Crippen molar-refractivity contribution < 1.29 is 23.8 Å². The van der Waals surface area contributed by atoms with E-state index in [0.29, 0.717) is 26.5 Å². The molecule has 2 rings (SSSR count). The Kier molecular flexibility index (Phi) is 6.59. The SMILES string of the molecule is CCOC(=O)SC1=N/C(=C\c2cc(Cl)cc(OC)c2OC)C(=O)S1. The number of methoxy groups -OCH3 is 2. The standard InChI is InChI=1S/C15H14ClNO5S2/c1-4-22-15(19)24-14-17-10(13(18)23-14)6-8-5-9(16)7-11(20-2)12(8)21-3/h5-7H,4H2,1-3H3/b10-6-. The number of carbonyl (C=O) groups excluding carboxylic acids is 2. The lowest BCUT2D eigenvalue weighted by atomic mass is 10.1. The van der Waals surface area contributed by atoms with Crippen LogP contribution in [0.3, 0.4) is 0 Å². The highest BCUT2D eigenvalue weighted by Crippen LogP contribution is 2.38. The summed E-state index contributed by atoms with van der Waals surface area (Å²) in [4.78, 5) is 27.7. The molecule has 0 spiro atoms. The number of halogens is 1. The quantitative estimate of drug-likeness (QED) is 0.565. The second-order valence-corrected chi connectivity index (χ2v) is 6.89. The number of hydrogen-bond donors (Lipinski definition) is 0. The summed E-state index contributed by atoms with van der Waals surface area (Å²) >= 11 is 7.71. The Morgan fingerprint density at radius 2 is 2.12 bits per heavy atom. The molecule has 128 valence electrons. The summed E-state index contributed by atoms with van der Waals surface area (Å²) < 4.78 is 15.7. The summed E-state index contributed by atoms with van der Waals surface area (Å²) in [6.45, 7) is 1.97. The van der Waals surface area contributed by atoms with Gasteiger partial charge in [0.05, 0.1) is 20.8 Å². The van der Waals surface area contributed by atoms with Crippen molar-refractivity contribution in [3.05, 3.63) is 28.4 Å². The zero-order chi connectivity index (χ0) is 17.7. The van der Waals surface area contributed by atoms with Crippen LogP contribution < -0.4 is 9.47 Å². The van der Waals surface area contributed by atoms with Crippen LogP contribution in [0.25, 0.3) is 6.08 Å². The van der Waals surface area contributed by atoms with Gasteiger partial charge < -0.3 is 14.2 Å². The minimum atomic E-state index is -0.500. The van der Waals surface area contributed by atoms with Crippen molar-refractivity contribution in [1.82, 2.24) is 0 Å². The van der Waals surface area contributed by atoms with Crippen LogP contribution in [0.2, 0.25) is 5.02 Å². The molecule has 24 heavy (non-hydrogen) atoms. The second-order valence-electron chi connectivity index (χ2n) is 4.31. The number of thioether (sulfide) groups is 2. The molecule has 0 amide bonds. The van der Waals surface area contributed by atoms with Gasteiger partial charge in [-0.1, -0.05) is 11.6 Å². The normalized spacial score (nSPS) is 15.4. The number of benzene rings is 1. The average Bonchev–Trinajstić information content (AvgIpc) is 2.86. The molecule has 0 saturated carbocycles. The van der Waals surface area contributed by atoms with Crippen LogP contribution in [-0.2, 0) is 9.53 Å². The fourth-order valence-electron chi connectivity index (χ4n) is 1.87. The zero-order valence-corrected chi connectivity index (χ0v) is 15.5. The van der Waals surface area contributed by atoms with E-state index in [1.54, 1.807) is 25.1 Å². The van der Waals surface area contributed by atoms with Gasteiger partial charge in [0.25, 0.3) is 0 Å². The van der Waals surface area contributed by atoms with E-state index in [1.165, 1.54) is 14.2 Å². The van der Waals surface area contributed by atoms with Gasteiger partial charge in [0.15, 0.2) is 11.5 Å². The van der Waals surface area contributed by atoms with Gasteiger partial charge in [-0.05, 0) is 30.8 Å². The molecule has 1 aliphatic heterocycles. The molecule has 0 radical (unpaired) electrons. The molecule has 0 aromatic heterocycles. The van der Waals surface area contributed by atoms with Crippen molar-refractivity contribution in [2.45, 2.75) is 6.92 Å². The van der Waals surface area contributed by atoms with Crippen LogP contribution in [0.15, 0.2) is 22.8 Å². The molecule has 6 nitrogen and oxygen atoms in total. The Morgan fingerprint density at radius 1 is 1.38 bits per heavy atom. The van der Waals surface area contributed by atoms with Gasteiger partial charge >= 0.3 is 5.30 Å². The van der Waals surface area contributed by atoms with Crippen LogP contribution in [-0.4, -0.2) is 35.6 Å². The van der Waals surface area contributed by atoms with E-state index in [2.05, 4.69) is 4.99 Å². The fraction of sp³-hybridized carbons (Fsp3) is 0.267. The monoisotopic (exact) mass is 387 g/mol. The number of rotatable bonds is 4. The minimum absolute atomic E-state index is 0.189. The first-order chi connectivity index (χ1) is 11.5.